The molecule has 6 nitrogen and oxygen atoms in total. The van der Waals surface area contributed by atoms with E-state index in [-0.39, 0.29) is 0 Å². The molecular formula is C22H40N4O2. The molecule has 1 spiro atoms. The molecule has 2 saturated heterocycles. The molecule has 2 aliphatic heterocycles. The van der Waals surface area contributed by atoms with Crippen molar-refractivity contribution in [3.8, 4) is 0 Å². The Labute approximate surface area is 170 Å². The third-order valence-electron chi connectivity index (χ3n) is 7.61. The van der Waals surface area contributed by atoms with E-state index in [1.54, 1.807) is 0 Å². The number of hydrogen-bond acceptors (Lipinski definition) is 4. The summed E-state index contributed by atoms with van der Waals surface area (Å²) < 4.78 is 11.7. The average Bonchev–Trinajstić information content (AvgIpc) is 3.36. The Hall–Kier alpha value is -0.850. The minimum atomic E-state index is 0.361. The summed E-state index contributed by atoms with van der Waals surface area (Å²) in [5.74, 6) is 2.33. The molecule has 4 rings (SSSR count). The van der Waals surface area contributed by atoms with Gasteiger partial charge in [-0.05, 0) is 31.6 Å². The van der Waals surface area contributed by atoms with Gasteiger partial charge in [-0.15, -0.1) is 0 Å². The molecule has 4 aliphatic rings. The van der Waals surface area contributed by atoms with E-state index < -0.39 is 0 Å². The second kappa shape index (κ2) is 8.88. The van der Waals surface area contributed by atoms with Gasteiger partial charge in [-0.3, -0.25) is 9.89 Å². The summed E-state index contributed by atoms with van der Waals surface area (Å²) in [4.78, 5) is 7.17. The number of nitrogens with one attached hydrogen (secondary N) is 2. The molecule has 0 aromatic rings. The van der Waals surface area contributed by atoms with Gasteiger partial charge in [-0.1, -0.05) is 26.7 Å². The summed E-state index contributed by atoms with van der Waals surface area (Å²) in [6.07, 6.45) is 8.22. The van der Waals surface area contributed by atoms with Crippen LogP contribution in [0, 0.1) is 17.3 Å². The SMILES string of the molecule is CN=C(NCC(CC(C)C)N1CCOCC1)NC1C2CCOC2C12CCCC2. The van der Waals surface area contributed by atoms with Crippen LogP contribution >= 0.6 is 0 Å². The third-order valence-corrected chi connectivity index (χ3v) is 7.61. The molecule has 2 aliphatic carbocycles. The second-order valence-electron chi connectivity index (χ2n) is 9.69. The highest BCUT2D eigenvalue weighted by Crippen LogP contribution is 2.60. The summed E-state index contributed by atoms with van der Waals surface area (Å²) >= 11 is 0. The monoisotopic (exact) mass is 392 g/mol. The molecule has 2 N–H and O–H groups in total. The van der Waals surface area contributed by atoms with Gasteiger partial charge in [0.05, 0.1) is 19.3 Å². The van der Waals surface area contributed by atoms with Gasteiger partial charge in [0.2, 0.25) is 0 Å². The fraction of sp³-hybridized carbons (Fsp3) is 0.955. The van der Waals surface area contributed by atoms with Crippen molar-refractivity contribution >= 4 is 5.96 Å². The zero-order valence-corrected chi connectivity index (χ0v) is 18.1. The molecule has 28 heavy (non-hydrogen) atoms. The Kier molecular flexibility index (Phi) is 6.48. The lowest BCUT2D eigenvalue weighted by atomic mass is 9.54. The van der Waals surface area contributed by atoms with Gasteiger partial charge in [-0.25, -0.2) is 0 Å². The van der Waals surface area contributed by atoms with E-state index >= 15 is 0 Å². The highest BCUT2D eigenvalue weighted by Gasteiger charge is 2.65. The number of hydrogen-bond donors (Lipinski definition) is 2. The Morgan fingerprint density at radius 2 is 1.93 bits per heavy atom. The number of nitrogens with zero attached hydrogens (tertiary/aromatic N) is 2. The van der Waals surface area contributed by atoms with Crippen LogP contribution in [0.2, 0.25) is 0 Å². The fourth-order valence-electron chi connectivity index (χ4n) is 6.31. The van der Waals surface area contributed by atoms with Gasteiger partial charge in [0.25, 0.3) is 0 Å². The van der Waals surface area contributed by atoms with Crippen molar-refractivity contribution in [3.63, 3.8) is 0 Å². The molecule has 4 atom stereocenters. The molecule has 160 valence electrons. The minimum Gasteiger partial charge on any atom is -0.379 e. The lowest BCUT2D eigenvalue weighted by molar-refractivity contribution is -0.125. The lowest BCUT2D eigenvalue weighted by Gasteiger charge is -2.57. The molecule has 6 heteroatoms. The van der Waals surface area contributed by atoms with Crippen molar-refractivity contribution in [3.05, 3.63) is 0 Å². The van der Waals surface area contributed by atoms with Gasteiger partial charge in [0, 0.05) is 56.7 Å². The molecular weight excluding hydrogens is 352 g/mol. The van der Waals surface area contributed by atoms with Gasteiger partial charge in [0.15, 0.2) is 5.96 Å². The van der Waals surface area contributed by atoms with Crippen molar-refractivity contribution in [1.29, 1.82) is 0 Å². The summed E-state index contributed by atoms with van der Waals surface area (Å²) in [7, 11) is 1.91. The van der Waals surface area contributed by atoms with Crippen LogP contribution in [0.25, 0.3) is 0 Å². The van der Waals surface area contributed by atoms with Crippen LogP contribution < -0.4 is 10.6 Å². The van der Waals surface area contributed by atoms with E-state index in [2.05, 4.69) is 34.4 Å². The maximum absolute atomic E-state index is 6.14. The Bertz CT molecular complexity index is 541. The smallest absolute Gasteiger partial charge is 0.191 e. The maximum Gasteiger partial charge on any atom is 0.191 e. The number of ether oxygens (including phenoxy) is 2. The minimum absolute atomic E-state index is 0.361. The van der Waals surface area contributed by atoms with E-state index in [0.717, 1.165) is 45.4 Å². The molecule has 0 amide bonds. The summed E-state index contributed by atoms with van der Waals surface area (Å²) in [5, 5.41) is 7.51. The first-order valence-corrected chi connectivity index (χ1v) is 11.5. The molecule has 4 fully saturated rings. The highest BCUT2D eigenvalue weighted by molar-refractivity contribution is 5.80. The van der Waals surface area contributed by atoms with E-state index in [1.165, 1.54) is 38.5 Å². The van der Waals surface area contributed by atoms with Crippen LogP contribution in [0.3, 0.4) is 0 Å². The first-order valence-electron chi connectivity index (χ1n) is 11.5. The number of fused-ring (bicyclic) bond motifs is 2. The molecule has 0 aromatic carbocycles. The van der Waals surface area contributed by atoms with Gasteiger partial charge in [-0.2, -0.15) is 0 Å². The first kappa shape index (κ1) is 20.4. The van der Waals surface area contributed by atoms with Crippen LogP contribution in [0.1, 0.15) is 52.4 Å². The van der Waals surface area contributed by atoms with Crippen molar-refractivity contribution in [2.45, 2.75) is 70.6 Å². The average molecular weight is 393 g/mol. The van der Waals surface area contributed by atoms with Gasteiger partial charge >= 0.3 is 0 Å². The fourth-order valence-corrected chi connectivity index (χ4v) is 6.31. The number of morpholine rings is 1. The van der Waals surface area contributed by atoms with Crippen molar-refractivity contribution in [2.24, 2.45) is 22.2 Å². The number of aliphatic imine (C=N–C) groups is 1. The number of guanidine groups is 1. The lowest BCUT2D eigenvalue weighted by Crippen LogP contribution is -2.69. The Balaban J connectivity index is 1.36. The maximum atomic E-state index is 6.14. The molecule has 4 unspecified atom stereocenters. The van der Waals surface area contributed by atoms with E-state index in [9.17, 15) is 0 Å². The normalized spacial score (nSPS) is 33.7. The molecule has 0 radical (unpaired) electrons. The predicted molar refractivity (Wildman–Crippen MR) is 113 cm³/mol. The molecule has 0 bridgehead atoms. The molecule has 2 heterocycles. The first-order chi connectivity index (χ1) is 13.6. The Morgan fingerprint density at radius 1 is 1.18 bits per heavy atom. The van der Waals surface area contributed by atoms with Crippen LogP contribution in [-0.2, 0) is 9.47 Å². The topological polar surface area (TPSA) is 58.1 Å². The van der Waals surface area contributed by atoms with E-state index in [0.29, 0.717) is 35.4 Å². The van der Waals surface area contributed by atoms with Crippen molar-refractivity contribution < 1.29 is 9.47 Å². The summed E-state index contributed by atoms with van der Waals surface area (Å²) in [6.45, 7) is 10.3. The quantitative estimate of drug-likeness (QED) is 0.536. The zero-order valence-electron chi connectivity index (χ0n) is 18.1. The number of rotatable bonds is 6. The van der Waals surface area contributed by atoms with E-state index in [1.807, 2.05) is 7.05 Å². The van der Waals surface area contributed by atoms with Crippen molar-refractivity contribution in [1.82, 2.24) is 15.5 Å². The third kappa shape index (κ3) is 3.92. The van der Waals surface area contributed by atoms with E-state index in [4.69, 9.17) is 9.47 Å². The zero-order chi connectivity index (χ0) is 19.6. The highest BCUT2D eigenvalue weighted by atomic mass is 16.5. The van der Waals surface area contributed by atoms with Gasteiger partial charge in [0.1, 0.15) is 0 Å². The summed E-state index contributed by atoms with van der Waals surface area (Å²) in [5.41, 5.74) is 0.361. The molecule has 2 saturated carbocycles. The largest absolute Gasteiger partial charge is 0.379 e. The second-order valence-corrected chi connectivity index (χ2v) is 9.69. The van der Waals surface area contributed by atoms with Crippen LogP contribution in [-0.4, -0.2) is 75.5 Å². The van der Waals surface area contributed by atoms with Gasteiger partial charge < -0.3 is 20.1 Å². The van der Waals surface area contributed by atoms with Crippen LogP contribution in [0.15, 0.2) is 4.99 Å². The summed E-state index contributed by atoms with van der Waals surface area (Å²) in [6, 6.07) is 1.06. The van der Waals surface area contributed by atoms with Crippen LogP contribution in [0.5, 0.6) is 0 Å². The van der Waals surface area contributed by atoms with Crippen molar-refractivity contribution in [2.75, 3.05) is 46.5 Å². The standard InChI is InChI=1S/C22H40N4O2/c1-16(2)14-17(26-9-12-27-13-10-26)15-24-21(23-3)25-19-18-6-11-28-20(18)22(19)7-4-5-8-22/h16-20H,4-15H2,1-3H3,(H2,23,24,25). The predicted octanol–water partition coefficient (Wildman–Crippen LogP) is 2.25. The molecule has 0 aromatic heterocycles. The Morgan fingerprint density at radius 3 is 2.61 bits per heavy atom. The van der Waals surface area contributed by atoms with Crippen LogP contribution in [0.4, 0.5) is 0 Å².